The van der Waals surface area contributed by atoms with Crippen molar-refractivity contribution < 1.29 is 22.6 Å². The van der Waals surface area contributed by atoms with Crippen LogP contribution in [0, 0.1) is 0 Å². The minimum Gasteiger partial charge on any atom is -0.495 e. The van der Waals surface area contributed by atoms with Crippen molar-refractivity contribution in [1.29, 1.82) is 0 Å². The minimum absolute atomic E-state index is 0.101. The van der Waals surface area contributed by atoms with E-state index in [1.165, 1.54) is 44.8 Å². The number of ether oxygens (including phenoxy) is 3. The monoisotopic (exact) mass is 337 g/mol. The van der Waals surface area contributed by atoms with Crippen molar-refractivity contribution >= 4 is 15.7 Å². The quantitative estimate of drug-likeness (QED) is 0.810. The molecule has 0 atom stereocenters. The molecule has 0 bridgehead atoms. The van der Waals surface area contributed by atoms with Gasteiger partial charge in [-0.1, -0.05) is 12.1 Å². The van der Waals surface area contributed by atoms with Gasteiger partial charge in [0.2, 0.25) is 0 Å². The Hall–Kier alpha value is -2.41. The van der Waals surface area contributed by atoms with E-state index in [0.717, 1.165) is 0 Å². The lowest BCUT2D eigenvalue weighted by atomic mass is 10.3. The van der Waals surface area contributed by atoms with Gasteiger partial charge in [0.15, 0.2) is 11.5 Å². The van der Waals surface area contributed by atoms with E-state index in [0.29, 0.717) is 22.9 Å². The van der Waals surface area contributed by atoms with Crippen molar-refractivity contribution in [3.8, 4) is 17.2 Å². The maximum atomic E-state index is 12.8. The highest BCUT2D eigenvalue weighted by Gasteiger charge is 2.24. The molecule has 0 aliphatic rings. The third kappa shape index (κ3) is 3.19. The summed E-state index contributed by atoms with van der Waals surface area (Å²) < 4.78 is 42.4. The van der Waals surface area contributed by atoms with Gasteiger partial charge in [-0.05, 0) is 24.3 Å². The van der Waals surface area contributed by atoms with Gasteiger partial charge in [-0.2, -0.15) is 0 Å². The summed E-state index contributed by atoms with van der Waals surface area (Å²) in [4.78, 5) is 0.101. The standard InChI is InChI=1S/C16H19NO5S/c1-17(13-7-5-6-8-14(13)20-2)23(18,19)12-9-10-15(21-3)16(11-12)22-4/h5-11H,1-4H3. The van der Waals surface area contributed by atoms with Gasteiger partial charge >= 0.3 is 0 Å². The van der Waals surface area contributed by atoms with E-state index < -0.39 is 10.0 Å². The number of nitrogens with zero attached hydrogens (tertiary/aromatic N) is 1. The van der Waals surface area contributed by atoms with Crippen molar-refractivity contribution in [3.63, 3.8) is 0 Å². The van der Waals surface area contributed by atoms with E-state index in [1.54, 1.807) is 30.3 Å². The van der Waals surface area contributed by atoms with Gasteiger partial charge in [0.25, 0.3) is 10.0 Å². The van der Waals surface area contributed by atoms with E-state index in [4.69, 9.17) is 14.2 Å². The summed E-state index contributed by atoms with van der Waals surface area (Å²) in [6.07, 6.45) is 0. The van der Waals surface area contributed by atoms with E-state index in [2.05, 4.69) is 0 Å². The second-order valence-corrected chi connectivity index (χ2v) is 6.63. The summed E-state index contributed by atoms with van der Waals surface area (Å²) in [5, 5.41) is 0. The molecule has 0 saturated heterocycles. The largest absolute Gasteiger partial charge is 0.495 e. The normalized spacial score (nSPS) is 11.0. The van der Waals surface area contributed by atoms with Gasteiger partial charge in [0, 0.05) is 13.1 Å². The van der Waals surface area contributed by atoms with Crippen LogP contribution in [0.15, 0.2) is 47.4 Å². The highest BCUT2D eigenvalue weighted by molar-refractivity contribution is 7.92. The van der Waals surface area contributed by atoms with Crippen LogP contribution in [-0.2, 0) is 10.0 Å². The molecule has 0 fully saturated rings. The molecule has 0 spiro atoms. The van der Waals surface area contributed by atoms with Gasteiger partial charge < -0.3 is 14.2 Å². The van der Waals surface area contributed by atoms with Crippen LogP contribution >= 0.6 is 0 Å². The summed E-state index contributed by atoms with van der Waals surface area (Å²) in [5.74, 6) is 1.28. The molecule has 7 heteroatoms. The highest BCUT2D eigenvalue weighted by Crippen LogP contribution is 2.34. The van der Waals surface area contributed by atoms with Gasteiger partial charge in [0.1, 0.15) is 5.75 Å². The zero-order valence-corrected chi connectivity index (χ0v) is 14.3. The molecule has 0 aromatic heterocycles. The molecule has 2 aromatic rings. The summed E-state index contributed by atoms with van der Waals surface area (Å²) in [5.41, 5.74) is 0.449. The van der Waals surface area contributed by atoms with Crippen LogP contribution < -0.4 is 18.5 Å². The molecule has 0 unspecified atom stereocenters. The van der Waals surface area contributed by atoms with Crippen molar-refractivity contribution in [3.05, 3.63) is 42.5 Å². The molecular weight excluding hydrogens is 318 g/mol. The Morgan fingerprint density at radius 1 is 0.826 bits per heavy atom. The summed E-state index contributed by atoms with van der Waals surface area (Å²) >= 11 is 0. The van der Waals surface area contributed by atoms with E-state index in [1.807, 2.05) is 0 Å². The van der Waals surface area contributed by atoms with E-state index in [-0.39, 0.29) is 4.90 Å². The molecule has 0 heterocycles. The molecule has 0 saturated carbocycles. The van der Waals surface area contributed by atoms with E-state index in [9.17, 15) is 8.42 Å². The molecule has 0 aliphatic heterocycles. The predicted molar refractivity (Wildman–Crippen MR) is 88.1 cm³/mol. The molecular formula is C16H19NO5S. The number of anilines is 1. The first-order valence-electron chi connectivity index (χ1n) is 6.79. The maximum absolute atomic E-state index is 12.8. The molecule has 6 nitrogen and oxygen atoms in total. The van der Waals surface area contributed by atoms with Gasteiger partial charge in [-0.15, -0.1) is 0 Å². The van der Waals surface area contributed by atoms with Crippen molar-refractivity contribution in [2.75, 3.05) is 32.7 Å². The third-order valence-electron chi connectivity index (χ3n) is 3.44. The van der Waals surface area contributed by atoms with Crippen LogP contribution in [0.4, 0.5) is 5.69 Å². The molecule has 0 radical (unpaired) electrons. The zero-order chi connectivity index (χ0) is 17.0. The topological polar surface area (TPSA) is 65.1 Å². The Morgan fingerprint density at radius 3 is 2.04 bits per heavy atom. The Kier molecular flexibility index (Phi) is 5.00. The number of para-hydroxylation sites is 2. The summed E-state index contributed by atoms with van der Waals surface area (Å²) in [6, 6.07) is 11.4. The Morgan fingerprint density at radius 2 is 1.43 bits per heavy atom. The Balaban J connectivity index is 2.49. The molecule has 2 aromatic carbocycles. The summed E-state index contributed by atoms with van der Waals surface area (Å²) in [6.45, 7) is 0. The second kappa shape index (κ2) is 6.78. The first kappa shape index (κ1) is 17.0. The van der Waals surface area contributed by atoms with Gasteiger partial charge in [0.05, 0.1) is 31.9 Å². The SMILES string of the molecule is COc1ccc(S(=O)(=O)N(C)c2ccccc2OC)cc1OC. The first-order chi connectivity index (χ1) is 11.0. The molecule has 124 valence electrons. The Bertz CT molecular complexity index is 789. The molecule has 0 amide bonds. The van der Waals surface area contributed by atoms with Crippen LogP contribution in [0.5, 0.6) is 17.2 Å². The Labute approximate surface area is 136 Å². The number of hydrogen-bond acceptors (Lipinski definition) is 5. The van der Waals surface area contributed by atoms with Crippen LogP contribution in [0.1, 0.15) is 0 Å². The van der Waals surface area contributed by atoms with Crippen LogP contribution in [0.3, 0.4) is 0 Å². The average molecular weight is 337 g/mol. The lowest BCUT2D eigenvalue weighted by Gasteiger charge is -2.22. The lowest BCUT2D eigenvalue weighted by Crippen LogP contribution is -2.27. The number of sulfonamides is 1. The molecule has 23 heavy (non-hydrogen) atoms. The number of hydrogen-bond donors (Lipinski definition) is 0. The fraction of sp³-hybridized carbons (Fsp3) is 0.250. The summed E-state index contributed by atoms with van der Waals surface area (Å²) in [7, 11) is 2.16. The number of benzene rings is 2. The van der Waals surface area contributed by atoms with E-state index >= 15 is 0 Å². The third-order valence-corrected chi connectivity index (χ3v) is 5.21. The zero-order valence-electron chi connectivity index (χ0n) is 13.4. The molecule has 0 aliphatic carbocycles. The smallest absolute Gasteiger partial charge is 0.264 e. The highest BCUT2D eigenvalue weighted by atomic mass is 32.2. The minimum atomic E-state index is -3.76. The van der Waals surface area contributed by atoms with Crippen LogP contribution in [0.25, 0.3) is 0 Å². The number of methoxy groups -OCH3 is 3. The average Bonchev–Trinajstić information content (AvgIpc) is 2.60. The van der Waals surface area contributed by atoms with Gasteiger partial charge in [-0.3, -0.25) is 4.31 Å². The molecule has 0 N–H and O–H groups in total. The van der Waals surface area contributed by atoms with Crippen molar-refractivity contribution in [1.82, 2.24) is 0 Å². The fourth-order valence-electron chi connectivity index (χ4n) is 2.15. The maximum Gasteiger partial charge on any atom is 0.264 e. The van der Waals surface area contributed by atoms with Gasteiger partial charge in [-0.25, -0.2) is 8.42 Å². The molecule has 2 rings (SSSR count). The van der Waals surface area contributed by atoms with Crippen molar-refractivity contribution in [2.24, 2.45) is 0 Å². The predicted octanol–water partition coefficient (Wildman–Crippen LogP) is 2.54. The second-order valence-electron chi connectivity index (χ2n) is 4.66. The fourth-order valence-corrected chi connectivity index (χ4v) is 3.38. The van der Waals surface area contributed by atoms with Crippen LogP contribution in [-0.4, -0.2) is 36.8 Å². The van der Waals surface area contributed by atoms with Crippen LogP contribution in [0.2, 0.25) is 0 Å². The lowest BCUT2D eigenvalue weighted by molar-refractivity contribution is 0.354. The van der Waals surface area contributed by atoms with Crippen molar-refractivity contribution in [2.45, 2.75) is 4.90 Å². The number of rotatable bonds is 6. The first-order valence-corrected chi connectivity index (χ1v) is 8.23.